The first-order valence-electron chi connectivity index (χ1n) is 10.7. The average Bonchev–Trinajstić information content (AvgIpc) is 3.19. The van der Waals surface area contributed by atoms with Crippen molar-refractivity contribution >= 4 is 23.2 Å². The third-order valence-electron chi connectivity index (χ3n) is 5.12. The van der Waals surface area contributed by atoms with Crippen LogP contribution in [0.1, 0.15) is 42.8 Å². The molecule has 1 aromatic heterocycles. The normalized spacial score (nSPS) is 15.0. The summed E-state index contributed by atoms with van der Waals surface area (Å²) in [6.45, 7) is 7.25. The van der Waals surface area contributed by atoms with Gasteiger partial charge in [-0.15, -0.1) is 11.3 Å². The molecule has 1 fully saturated rings. The molecule has 1 aliphatic rings. The number of piperidine rings is 1. The van der Waals surface area contributed by atoms with E-state index in [9.17, 15) is 9.59 Å². The van der Waals surface area contributed by atoms with Gasteiger partial charge in [0, 0.05) is 30.6 Å². The third-order valence-corrected chi connectivity index (χ3v) is 6.29. The van der Waals surface area contributed by atoms with Crippen LogP contribution in [0.4, 0.5) is 0 Å². The Balaban J connectivity index is 1.57. The van der Waals surface area contributed by atoms with Crippen molar-refractivity contribution in [1.82, 2.24) is 15.5 Å². The number of carbonyl (C=O) groups is 2. The molecule has 1 aromatic carbocycles. The summed E-state index contributed by atoms with van der Waals surface area (Å²) in [7, 11) is 0. The number of amides is 2. The van der Waals surface area contributed by atoms with Crippen LogP contribution in [-0.4, -0.2) is 55.5 Å². The smallest absolute Gasteiger partial charge is 0.265 e. The number of carbonyl (C=O) groups excluding carboxylic acids is 2. The second-order valence-corrected chi connectivity index (χ2v) is 8.53. The molecule has 162 valence electrons. The molecule has 0 spiro atoms. The largest absolute Gasteiger partial charge is 0.492 e. The fourth-order valence-corrected chi connectivity index (χ4v) is 4.56. The van der Waals surface area contributed by atoms with E-state index in [1.165, 1.54) is 11.3 Å². The first kappa shape index (κ1) is 22.3. The van der Waals surface area contributed by atoms with E-state index in [1.807, 2.05) is 50.2 Å². The zero-order valence-corrected chi connectivity index (χ0v) is 18.6. The second-order valence-electron chi connectivity index (χ2n) is 7.48. The maximum atomic E-state index is 13.0. The summed E-state index contributed by atoms with van der Waals surface area (Å²) in [6, 6.07) is 12.1. The van der Waals surface area contributed by atoms with Crippen molar-refractivity contribution in [2.45, 2.75) is 39.2 Å². The lowest BCUT2D eigenvalue weighted by molar-refractivity contribution is -0.122. The van der Waals surface area contributed by atoms with Crippen LogP contribution in [0.3, 0.4) is 0 Å². The molecule has 0 aliphatic carbocycles. The van der Waals surface area contributed by atoms with E-state index < -0.39 is 0 Å². The maximum absolute atomic E-state index is 13.0. The van der Waals surface area contributed by atoms with Crippen LogP contribution in [0, 0.1) is 0 Å². The van der Waals surface area contributed by atoms with Gasteiger partial charge in [0.1, 0.15) is 10.6 Å². The van der Waals surface area contributed by atoms with Gasteiger partial charge in [0.05, 0.1) is 13.2 Å². The Morgan fingerprint density at radius 1 is 1.17 bits per heavy atom. The summed E-state index contributed by atoms with van der Waals surface area (Å²) < 4.78 is 5.74. The van der Waals surface area contributed by atoms with E-state index in [1.54, 1.807) is 0 Å². The minimum atomic E-state index is -0.0789. The number of nitrogens with one attached hydrogen (secondary N) is 2. The summed E-state index contributed by atoms with van der Waals surface area (Å²) in [4.78, 5) is 28.7. The van der Waals surface area contributed by atoms with Crippen LogP contribution in [0.5, 0.6) is 5.75 Å². The van der Waals surface area contributed by atoms with Crippen LogP contribution < -0.4 is 15.4 Å². The van der Waals surface area contributed by atoms with Gasteiger partial charge in [-0.3, -0.25) is 14.5 Å². The Labute approximate surface area is 182 Å². The zero-order valence-electron chi connectivity index (χ0n) is 17.8. The number of ether oxygens (including phenoxy) is 1. The van der Waals surface area contributed by atoms with E-state index in [2.05, 4.69) is 15.5 Å². The average molecular weight is 430 g/mol. The molecule has 0 radical (unpaired) electrons. The Hall–Kier alpha value is -2.38. The van der Waals surface area contributed by atoms with Crippen LogP contribution in [0.25, 0.3) is 10.4 Å². The summed E-state index contributed by atoms with van der Waals surface area (Å²) in [5.41, 5.74) is 1.08. The van der Waals surface area contributed by atoms with E-state index in [-0.39, 0.29) is 17.9 Å². The maximum Gasteiger partial charge on any atom is 0.265 e. The molecule has 2 amide bonds. The summed E-state index contributed by atoms with van der Waals surface area (Å²) in [5, 5.41) is 6.09. The molecule has 7 heteroatoms. The summed E-state index contributed by atoms with van der Waals surface area (Å²) in [5.74, 6) is 0.640. The lowest BCUT2D eigenvalue weighted by Gasteiger charge is -2.31. The highest BCUT2D eigenvalue weighted by molar-refractivity contribution is 7.17. The van der Waals surface area contributed by atoms with Gasteiger partial charge < -0.3 is 15.4 Å². The Bertz CT molecular complexity index is 829. The molecule has 2 N–H and O–H groups in total. The first-order valence-corrected chi connectivity index (χ1v) is 11.5. The molecule has 0 saturated carbocycles. The van der Waals surface area contributed by atoms with Crippen LogP contribution in [0.2, 0.25) is 0 Å². The van der Waals surface area contributed by atoms with E-state index in [0.29, 0.717) is 23.8 Å². The molecule has 2 heterocycles. The van der Waals surface area contributed by atoms with Gasteiger partial charge in [-0.2, -0.15) is 0 Å². The lowest BCUT2D eigenvalue weighted by Crippen LogP contribution is -2.47. The number of hydrogen-bond donors (Lipinski definition) is 2. The number of thiophene rings is 1. The number of nitrogens with zero attached hydrogens (tertiary/aromatic N) is 1. The van der Waals surface area contributed by atoms with Crippen molar-refractivity contribution < 1.29 is 14.3 Å². The molecule has 2 aromatic rings. The number of benzene rings is 1. The van der Waals surface area contributed by atoms with Crippen molar-refractivity contribution in [3.63, 3.8) is 0 Å². The van der Waals surface area contributed by atoms with Crippen molar-refractivity contribution in [3.8, 4) is 16.2 Å². The third kappa shape index (κ3) is 6.06. The monoisotopic (exact) mass is 429 g/mol. The van der Waals surface area contributed by atoms with Gasteiger partial charge >= 0.3 is 0 Å². The Kier molecular flexibility index (Phi) is 8.28. The molecule has 0 atom stereocenters. The number of hydrogen-bond acceptors (Lipinski definition) is 5. The molecule has 3 rings (SSSR count). The number of rotatable bonds is 9. The predicted octanol–water partition coefficient (Wildman–Crippen LogP) is 3.53. The summed E-state index contributed by atoms with van der Waals surface area (Å²) in [6.07, 6.45) is 2.62. The molecule has 0 unspecified atom stereocenters. The first-order chi connectivity index (χ1) is 14.6. The highest BCUT2D eigenvalue weighted by Crippen LogP contribution is 2.36. The van der Waals surface area contributed by atoms with Crippen molar-refractivity contribution in [2.75, 3.05) is 32.8 Å². The molecular weight excluding hydrogens is 398 g/mol. The van der Waals surface area contributed by atoms with Crippen LogP contribution in [-0.2, 0) is 4.79 Å². The SMILES string of the molecule is CCCNC(=O)CN1CCC(NC(=O)c2sc(-c3ccccc3)cc2OCC)CC1. The fourth-order valence-electron chi connectivity index (χ4n) is 3.55. The Morgan fingerprint density at radius 3 is 2.57 bits per heavy atom. The van der Waals surface area contributed by atoms with Crippen molar-refractivity contribution in [2.24, 2.45) is 0 Å². The lowest BCUT2D eigenvalue weighted by atomic mass is 10.0. The molecule has 30 heavy (non-hydrogen) atoms. The fraction of sp³-hybridized carbons (Fsp3) is 0.478. The van der Waals surface area contributed by atoms with Gasteiger partial charge in [-0.25, -0.2) is 0 Å². The zero-order chi connectivity index (χ0) is 21.3. The molecule has 6 nitrogen and oxygen atoms in total. The van der Waals surface area contributed by atoms with E-state index in [4.69, 9.17) is 4.74 Å². The highest BCUT2D eigenvalue weighted by atomic mass is 32.1. The van der Waals surface area contributed by atoms with E-state index >= 15 is 0 Å². The standard InChI is InChI=1S/C23H31N3O3S/c1-3-12-24-21(27)16-26-13-10-18(11-14-26)25-23(28)22-19(29-4-2)15-20(30-22)17-8-6-5-7-9-17/h5-9,15,18H,3-4,10-14,16H2,1-2H3,(H,24,27)(H,25,28). The van der Waals surface area contributed by atoms with E-state index in [0.717, 1.165) is 49.3 Å². The van der Waals surface area contributed by atoms with Gasteiger partial charge in [0.15, 0.2) is 0 Å². The predicted molar refractivity (Wildman–Crippen MR) is 121 cm³/mol. The summed E-state index contributed by atoms with van der Waals surface area (Å²) >= 11 is 1.47. The van der Waals surface area contributed by atoms with Gasteiger partial charge in [0.2, 0.25) is 5.91 Å². The van der Waals surface area contributed by atoms with Crippen molar-refractivity contribution in [1.29, 1.82) is 0 Å². The van der Waals surface area contributed by atoms with Crippen LogP contribution in [0.15, 0.2) is 36.4 Å². The molecule has 0 bridgehead atoms. The Morgan fingerprint density at radius 2 is 1.90 bits per heavy atom. The quantitative estimate of drug-likeness (QED) is 0.640. The topological polar surface area (TPSA) is 70.7 Å². The molecular formula is C23H31N3O3S. The van der Waals surface area contributed by atoms with Gasteiger partial charge in [-0.1, -0.05) is 37.3 Å². The molecule has 1 saturated heterocycles. The molecule has 1 aliphatic heterocycles. The minimum absolute atomic E-state index is 0.0766. The highest BCUT2D eigenvalue weighted by Gasteiger charge is 2.25. The van der Waals surface area contributed by atoms with Crippen LogP contribution >= 0.6 is 11.3 Å². The van der Waals surface area contributed by atoms with Crippen molar-refractivity contribution in [3.05, 3.63) is 41.3 Å². The van der Waals surface area contributed by atoms with Gasteiger partial charge in [-0.05, 0) is 37.8 Å². The number of likely N-dealkylation sites (tertiary alicyclic amines) is 1. The second kappa shape index (κ2) is 11.1. The van der Waals surface area contributed by atoms with Gasteiger partial charge in [0.25, 0.3) is 5.91 Å². The minimum Gasteiger partial charge on any atom is -0.492 e.